The van der Waals surface area contributed by atoms with Gasteiger partial charge in [0.2, 0.25) is 0 Å². The molecule has 2 fully saturated rings. The highest BCUT2D eigenvalue weighted by Crippen LogP contribution is 2.38. The molecule has 6 heteroatoms. The van der Waals surface area contributed by atoms with E-state index in [0.29, 0.717) is 5.41 Å². The molecule has 25 heavy (non-hydrogen) atoms. The number of aliphatic imine (C=N–C) groups is 1. The summed E-state index contributed by atoms with van der Waals surface area (Å²) in [7, 11) is 1.83. The van der Waals surface area contributed by atoms with Gasteiger partial charge in [0.05, 0.1) is 6.61 Å². The molecule has 2 aliphatic heterocycles. The number of halogens is 1. The summed E-state index contributed by atoms with van der Waals surface area (Å²) in [6.45, 7) is 4.58. The van der Waals surface area contributed by atoms with E-state index in [2.05, 4.69) is 20.2 Å². The van der Waals surface area contributed by atoms with Gasteiger partial charge in [0.25, 0.3) is 0 Å². The van der Waals surface area contributed by atoms with E-state index in [9.17, 15) is 4.39 Å². The van der Waals surface area contributed by atoms with Gasteiger partial charge in [0.1, 0.15) is 5.82 Å². The van der Waals surface area contributed by atoms with Gasteiger partial charge in [-0.05, 0) is 43.0 Å². The van der Waals surface area contributed by atoms with Crippen LogP contribution in [-0.2, 0) is 11.2 Å². The fourth-order valence-corrected chi connectivity index (χ4v) is 4.09. The van der Waals surface area contributed by atoms with Crippen molar-refractivity contribution in [1.82, 2.24) is 15.2 Å². The molecular formula is C19H25FN4O. The Hall–Kier alpha value is -2.08. The maximum Gasteiger partial charge on any atom is 0.193 e. The molecule has 1 spiro atoms. The first-order chi connectivity index (χ1) is 12.2. The van der Waals surface area contributed by atoms with Crippen molar-refractivity contribution >= 4 is 16.9 Å². The van der Waals surface area contributed by atoms with Crippen molar-refractivity contribution in [3.63, 3.8) is 0 Å². The standard InChI is InChI=1S/C19H25FN4O/c1-21-18(24-8-5-19(12-24)6-9-25-13-19)22-7-4-14-11-23-17-3-2-15(20)10-16(14)17/h2-3,10-11,23H,4-9,12-13H2,1H3,(H,21,22). The summed E-state index contributed by atoms with van der Waals surface area (Å²) in [4.78, 5) is 9.99. The van der Waals surface area contributed by atoms with Gasteiger partial charge in [0, 0.05) is 55.8 Å². The Labute approximate surface area is 147 Å². The third kappa shape index (κ3) is 3.23. The van der Waals surface area contributed by atoms with Gasteiger partial charge in [-0.1, -0.05) is 0 Å². The number of aromatic nitrogens is 1. The van der Waals surface area contributed by atoms with Crippen LogP contribution in [0.3, 0.4) is 0 Å². The molecule has 5 nitrogen and oxygen atoms in total. The van der Waals surface area contributed by atoms with Gasteiger partial charge < -0.3 is 19.9 Å². The summed E-state index contributed by atoms with van der Waals surface area (Å²) in [6, 6.07) is 4.87. The minimum absolute atomic E-state index is 0.196. The van der Waals surface area contributed by atoms with Gasteiger partial charge in [-0.15, -0.1) is 0 Å². The van der Waals surface area contributed by atoms with Crippen molar-refractivity contribution in [2.24, 2.45) is 10.4 Å². The average Bonchev–Trinajstić information content (AvgIpc) is 3.34. The van der Waals surface area contributed by atoms with Crippen molar-refractivity contribution in [3.05, 3.63) is 35.8 Å². The molecule has 1 aromatic carbocycles. The molecule has 2 aromatic rings. The van der Waals surface area contributed by atoms with Crippen LogP contribution in [0.1, 0.15) is 18.4 Å². The summed E-state index contributed by atoms with van der Waals surface area (Å²) in [5.41, 5.74) is 2.43. The van der Waals surface area contributed by atoms with Crippen molar-refractivity contribution in [2.75, 3.05) is 39.9 Å². The first-order valence-electron chi connectivity index (χ1n) is 8.98. The number of aromatic amines is 1. The van der Waals surface area contributed by atoms with Crippen LogP contribution in [0.2, 0.25) is 0 Å². The van der Waals surface area contributed by atoms with Crippen molar-refractivity contribution in [2.45, 2.75) is 19.3 Å². The predicted molar refractivity (Wildman–Crippen MR) is 97.4 cm³/mol. The molecule has 0 bridgehead atoms. The second-order valence-electron chi connectivity index (χ2n) is 7.20. The number of hydrogen-bond acceptors (Lipinski definition) is 2. The summed E-state index contributed by atoms with van der Waals surface area (Å²) < 4.78 is 19.1. The number of H-pyrrole nitrogens is 1. The molecule has 1 aromatic heterocycles. The number of hydrogen-bond donors (Lipinski definition) is 2. The molecule has 3 heterocycles. The largest absolute Gasteiger partial charge is 0.381 e. The number of rotatable bonds is 3. The third-order valence-corrected chi connectivity index (χ3v) is 5.54. The van der Waals surface area contributed by atoms with Gasteiger partial charge in [-0.2, -0.15) is 0 Å². The minimum Gasteiger partial charge on any atom is -0.381 e. The van der Waals surface area contributed by atoms with Gasteiger partial charge in [0.15, 0.2) is 5.96 Å². The lowest BCUT2D eigenvalue weighted by atomic mass is 9.87. The normalized spacial score (nSPS) is 23.9. The summed E-state index contributed by atoms with van der Waals surface area (Å²) in [6.07, 6.45) is 5.12. The Morgan fingerprint density at radius 2 is 2.36 bits per heavy atom. The molecule has 0 radical (unpaired) electrons. The zero-order valence-corrected chi connectivity index (χ0v) is 14.6. The number of ether oxygens (including phenoxy) is 1. The maximum absolute atomic E-state index is 13.5. The Bertz CT molecular complexity index is 779. The molecule has 1 unspecified atom stereocenters. The molecular weight excluding hydrogens is 319 g/mol. The van der Waals surface area contributed by atoms with E-state index < -0.39 is 0 Å². The van der Waals surface area contributed by atoms with Crippen molar-refractivity contribution < 1.29 is 9.13 Å². The number of nitrogens with one attached hydrogen (secondary N) is 2. The van der Waals surface area contributed by atoms with Crippen LogP contribution in [0.5, 0.6) is 0 Å². The van der Waals surface area contributed by atoms with Crippen LogP contribution in [0.4, 0.5) is 4.39 Å². The number of nitrogens with zero attached hydrogens (tertiary/aromatic N) is 2. The number of guanidine groups is 1. The first-order valence-corrected chi connectivity index (χ1v) is 8.98. The lowest BCUT2D eigenvalue weighted by Crippen LogP contribution is -2.42. The monoisotopic (exact) mass is 344 g/mol. The minimum atomic E-state index is -0.196. The zero-order chi connectivity index (χ0) is 17.3. The third-order valence-electron chi connectivity index (χ3n) is 5.54. The quantitative estimate of drug-likeness (QED) is 0.665. The molecule has 2 aliphatic rings. The Morgan fingerprint density at radius 3 is 3.16 bits per heavy atom. The second-order valence-corrected chi connectivity index (χ2v) is 7.20. The number of likely N-dealkylation sites (tertiary alicyclic amines) is 1. The lowest BCUT2D eigenvalue weighted by Gasteiger charge is -2.24. The molecule has 1 atom stereocenters. The van der Waals surface area contributed by atoms with Crippen LogP contribution in [0.25, 0.3) is 10.9 Å². The van der Waals surface area contributed by atoms with Gasteiger partial charge in [-0.3, -0.25) is 4.99 Å². The zero-order valence-electron chi connectivity index (χ0n) is 14.6. The fraction of sp³-hybridized carbons (Fsp3) is 0.526. The van der Waals surface area contributed by atoms with Crippen LogP contribution in [0, 0.1) is 11.2 Å². The van der Waals surface area contributed by atoms with Crippen molar-refractivity contribution in [3.8, 4) is 0 Å². The average molecular weight is 344 g/mol. The second kappa shape index (κ2) is 6.67. The highest BCUT2D eigenvalue weighted by atomic mass is 19.1. The van der Waals surface area contributed by atoms with Gasteiger partial charge in [-0.25, -0.2) is 4.39 Å². The van der Waals surface area contributed by atoms with Crippen LogP contribution >= 0.6 is 0 Å². The van der Waals surface area contributed by atoms with Crippen molar-refractivity contribution in [1.29, 1.82) is 0 Å². The predicted octanol–water partition coefficient (Wildman–Crippen LogP) is 2.54. The smallest absolute Gasteiger partial charge is 0.193 e. The summed E-state index contributed by atoms with van der Waals surface area (Å²) in [5, 5.41) is 4.42. The Balaban J connectivity index is 1.36. The fourth-order valence-electron chi connectivity index (χ4n) is 4.09. The first kappa shape index (κ1) is 16.4. The molecule has 4 rings (SSSR count). The summed E-state index contributed by atoms with van der Waals surface area (Å²) >= 11 is 0. The van der Waals surface area contributed by atoms with Crippen LogP contribution in [-0.4, -0.2) is 55.7 Å². The SMILES string of the molecule is CN=C(NCCc1c[nH]c2ccc(F)cc12)N1CCC2(CCOC2)C1. The van der Waals surface area contributed by atoms with E-state index >= 15 is 0 Å². The molecule has 0 aliphatic carbocycles. The Kier molecular flexibility index (Phi) is 4.37. The van der Waals surface area contributed by atoms with E-state index in [1.54, 1.807) is 12.1 Å². The summed E-state index contributed by atoms with van der Waals surface area (Å²) in [5.74, 6) is 0.757. The van der Waals surface area contributed by atoms with E-state index in [4.69, 9.17) is 4.74 Å². The number of benzene rings is 1. The Morgan fingerprint density at radius 1 is 1.44 bits per heavy atom. The molecule has 0 amide bonds. The highest BCUT2D eigenvalue weighted by Gasteiger charge is 2.42. The van der Waals surface area contributed by atoms with E-state index in [1.165, 1.54) is 12.5 Å². The van der Waals surface area contributed by atoms with E-state index in [-0.39, 0.29) is 5.82 Å². The van der Waals surface area contributed by atoms with Gasteiger partial charge >= 0.3 is 0 Å². The topological polar surface area (TPSA) is 52.7 Å². The van der Waals surface area contributed by atoms with Crippen LogP contribution in [0.15, 0.2) is 29.4 Å². The highest BCUT2D eigenvalue weighted by molar-refractivity contribution is 5.83. The number of fused-ring (bicyclic) bond motifs is 1. The molecule has 0 saturated carbocycles. The van der Waals surface area contributed by atoms with E-state index in [0.717, 1.165) is 68.1 Å². The van der Waals surface area contributed by atoms with E-state index in [1.807, 2.05) is 13.2 Å². The molecule has 134 valence electrons. The molecule has 2 saturated heterocycles. The lowest BCUT2D eigenvalue weighted by molar-refractivity contribution is 0.156. The maximum atomic E-state index is 13.5. The molecule has 2 N–H and O–H groups in total. The van der Waals surface area contributed by atoms with Crippen LogP contribution < -0.4 is 5.32 Å².